The number of amides is 5. The summed E-state index contributed by atoms with van der Waals surface area (Å²) in [5.41, 5.74) is -1.44. The van der Waals surface area contributed by atoms with E-state index in [0.717, 1.165) is 32.1 Å². The number of carbonyl (C=O) groups excluding carboxylic acids is 5. The highest BCUT2D eigenvalue weighted by Gasteiger charge is 2.69. The Morgan fingerprint density at radius 3 is 2.20 bits per heavy atom. The number of urea groups is 1. The molecule has 3 aliphatic rings. The number of rotatable bonds is 15. The summed E-state index contributed by atoms with van der Waals surface area (Å²) in [6.45, 7) is 19.8. The molecular weight excluding hydrogens is 700 g/mol. The summed E-state index contributed by atoms with van der Waals surface area (Å²) in [5, 5.41) is 11.3. The van der Waals surface area contributed by atoms with E-state index in [2.05, 4.69) is 47.6 Å². The number of carbonyl (C=O) groups is 5. The fourth-order valence-corrected chi connectivity index (χ4v) is 8.69. The van der Waals surface area contributed by atoms with Gasteiger partial charge in [0.15, 0.2) is 0 Å². The number of hydrogen-bond acceptors (Lipinski definition) is 8. The van der Waals surface area contributed by atoms with E-state index in [4.69, 9.17) is 6.42 Å². The van der Waals surface area contributed by atoms with E-state index in [1.165, 1.54) is 6.08 Å². The van der Waals surface area contributed by atoms with E-state index in [1.807, 2.05) is 41.5 Å². The molecule has 1 aliphatic heterocycles. The first-order valence-corrected chi connectivity index (χ1v) is 19.7. The van der Waals surface area contributed by atoms with Gasteiger partial charge in [-0.3, -0.25) is 28.8 Å². The van der Waals surface area contributed by atoms with Gasteiger partial charge in [0.1, 0.15) is 12.1 Å². The third-order valence-electron chi connectivity index (χ3n) is 12.1. The highest BCUT2D eigenvalue weighted by Crippen LogP contribution is 2.65. The SMILES string of the molecule is C#CCCC(NC(=O)[C@@H]1[C@@H]2[C@H](CN1C(=O)[C@@H](NC(=O)N[C@H](CN(C)c1c(C(C)(C)C)c(=O)c1=O)C(C)(C)C)C1CCCCC1)C2(C)C)C(=O)C(=O)NCC=C. The molecular formula is C42H62N6O7. The number of fused-ring (bicyclic) bond motifs is 1. The summed E-state index contributed by atoms with van der Waals surface area (Å²) >= 11 is 0. The number of terminal acetylenes is 1. The molecule has 4 N–H and O–H groups in total. The summed E-state index contributed by atoms with van der Waals surface area (Å²) < 4.78 is 0. The molecule has 2 saturated carbocycles. The van der Waals surface area contributed by atoms with Crippen LogP contribution in [0.2, 0.25) is 0 Å². The zero-order valence-electron chi connectivity index (χ0n) is 34.2. The van der Waals surface area contributed by atoms with Crippen molar-refractivity contribution in [2.24, 2.45) is 28.6 Å². The fraction of sp³-hybridized carbons (Fsp3) is 0.690. The van der Waals surface area contributed by atoms with E-state index in [-0.39, 0.29) is 55.0 Å². The van der Waals surface area contributed by atoms with Gasteiger partial charge in [0.25, 0.3) is 5.91 Å². The molecule has 13 nitrogen and oxygen atoms in total. The Morgan fingerprint density at radius 1 is 1.00 bits per heavy atom. The molecule has 1 heterocycles. The number of anilines is 1. The third-order valence-corrected chi connectivity index (χ3v) is 12.1. The van der Waals surface area contributed by atoms with Gasteiger partial charge < -0.3 is 31.1 Å². The first-order valence-electron chi connectivity index (χ1n) is 19.7. The number of hydrogen-bond donors (Lipinski definition) is 4. The second-order valence-corrected chi connectivity index (χ2v) is 18.5. The van der Waals surface area contributed by atoms with E-state index in [9.17, 15) is 33.6 Å². The maximum Gasteiger partial charge on any atom is 0.315 e. The Morgan fingerprint density at radius 2 is 1.64 bits per heavy atom. The lowest BCUT2D eigenvalue weighted by Crippen LogP contribution is -2.62. The largest absolute Gasteiger partial charge is 0.369 e. The number of Topliss-reactive ketones (excluding diaryl/α,β-unsaturated/α-hetero) is 1. The minimum atomic E-state index is -1.18. The Kier molecular flexibility index (Phi) is 13.2. The monoisotopic (exact) mass is 762 g/mol. The van der Waals surface area contributed by atoms with E-state index < -0.39 is 69.5 Å². The number of likely N-dealkylation sites (tertiary alicyclic amines) is 1. The van der Waals surface area contributed by atoms with Crippen LogP contribution in [0.4, 0.5) is 10.5 Å². The lowest BCUT2D eigenvalue weighted by atomic mass is 9.81. The van der Waals surface area contributed by atoms with Crippen molar-refractivity contribution < 1.29 is 24.0 Å². The zero-order valence-corrected chi connectivity index (χ0v) is 34.2. The van der Waals surface area contributed by atoms with Gasteiger partial charge in [0.2, 0.25) is 28.5 Å². The second-order valence-electron chi connectivity index (χ2n) is 18.5. The molecule has 1 saturated heterocycles. The summed E-state index contributed by atoms with van der Waals surface area (Å²) in [7, 11) is 1.74. The molecule has 55 heavy (non-hydrogen) atoms. The van der Waals surface area contributed by atoms with Crippen LogP contribution < -0.4 is 37.0 Å². The van der Waals surface area contributed by atoms with Gasteiger partial charge in [-0.2, -0.15) is 0 Å². The average molecular weight is 763 g/mol. The first kappa shape index (κ1) is 43.3. The summed E-state index contributed by atoms with van der Waals surface area (Å²) in [5.74, 6) is -0.415. The normalized spacial score (nSPS) is 22.3. The topological polar surface area (TPSA) is 174 Å². The molecule has 0 aromatic heterocycles. The second kappa shape index (κ2) is 16.7. The Balaban J connectivity index is 1.57. The Hall–Kier alpha value is -4.47. The van der Waals surface area contributed by atoms with Crippen molar-refractivity contribution in [1.29, 1.82) is 0 Å². The number of likely N-dealkylation sites (N-methyl/N-ethyl adjacent to an activating group) is 1. The minimum absolute atomic E-state index is 0.0398. The maximum atomic E-state index is 14.7. The van der Waals surface area contributed by atoms with Gasteiger partial charge in [0, 0.05) is 38.7 Å². The van der Waals surface area contributed by atoms with Gasteiger partial charge >= 0.3 is 6.03 Å². The summed E-state index contributed by atoms with van der Waals surface area (Å²) in [6.07, 6.45) is 11.4. The van der Waals surface area contributed by atoms with Crippen LogP contribution in [0.1, 0.15) is 106 Å². The molecule has 1 aromatic carbocycles. The first-order chi connectivity index (χ1) is 25.6. The van der Waals surface area contributed by atoms with E-state index in [0.29, 0.717) is 17.8 Å². The standard InChI is InChI=1S/C42H62N6O7/c1-12-14-20-26(33(49)37(53)43-21-13-2)44-36(52)32-28-25(42(28,9)10)22-48(32)38(54)30(24-18-16-15-17-19-24)46-39(55)45-27(40(3,4)5)23-47(11)31-29(41(6,7)8)34(50)35(31)51/h1,13,24-28,30,32H,2,14-23H2,3-11H3,(H,43,53)(H,44,52)(H2,45,46,55)/t25-,26?,27+,28-,30-,32-/m0/s1. The number of nitrogens with one attached hydrogen (secondary N) is 4. The van der Waals surface area contributed by atoms with Crippen LogP contribution in [0.3, 0.4) is 0 Å². The Labute approximate surface area is 325 Å². The molecule has 1 aromatic rings. The fourth-order valence-electron chi connectivity index (χ4n) is 8.69. The quantitative estimate of drug-likeness (QED) is 0.120. The van der Waals surface area contributed by atoms with Crippen molar-refractivity contribution in [3.63, 3.8) is 0 Å². The number of ketones is 1. The van der Waals surface area contributed by atoms with Gasteiger partial charge in [-0.05, 0) is 53.3 Å². The van der Waals surface area contributed by atoms with Crippen molar-refractivity contribution in [1.82, 2.24) is 26.2 Å². The van der Waals surface area contributed by atoms with Gasteiger partial charge in [-0.1, -0.05) is 80.7 Å². The highest BCUT2D eigenvalue weighted by atomic mass is 16.2. The highest BCUT2D eigenvalue weighted by molar-refractivity contribution is 6.38. The molecule has 302 valence electrons. The van der Waals surface area contributed by atoms with E-state index >= 15 is 0 Å². The number of piperidine rings is 1. The molecule has 0 spiro atoms. The molecule has 0 radical (unpaired) electrons. The predicted molar refractivity (Wildman–Crippen MR) is 213 cm³/mol. The third kappa shape index (κ3) is 9.33. The van der Waals surface area contributed by atoms with Crippen molar-refractivity contribution in [3.8, 4) is 12.3 Å². The lowest BCUT2D eigenvalue weighted by Gasteiger charge is -2.39. The molecule has 4 rings (SSSR count). The van der Waals surface area contributed by atoms with Crippen LogP contribution in [0.25, 0.3) is 0 Å². The molecule has 5 amide bonds. The van der Waals surface area contributed by atoms with Crippen LogP contribution >= 0.6 is 0 Å². The van der Waals surface area contributed by atoms with Crippen LogP contribution in [0, 0.1) is 40.9 Å². The predicted octanol–water partition coefficient (Wildman–Crippen LogP) is 2.93. The van der Waals surface area contributed by atoms with Crippen molar-refractivity contribution in [2.45, 2.75) is 130 Å². The number of nitrogens with zero attached hydrogens (tertiary/aromatic N) is 2. The Bertz CT molecular complexity index is 1770. The van der Waals surface area contributed by atoms with Crippen molar-refractivity contribution in [2.75, 3.05) is 31.6 Å². The molecule has 3 fully saturated rings. The summed E-state index contributed by atoms with van der Waals surface area (Å²) in [4.78, 5) is 97.2. The average Bonchev–Trinajstić information content (AvgIpc) is 3.41. The molecule has 0 bridgehead atoms. The van der Waals surface area contributed by atoms with Gasteiger partial charge in [-0.15, -0.1) is 18.9 Å². The maximum absolute atomic E-state index is 14.7. The minimum Gasteiger partial charge on any atom is -0.369 e. The van der Waals surface area contributed by atoms with E-state index in [1.54, 1.807) is 16.8 Å². The van der Waals surface area contributed by atoms with Crippen LogP contribution in [0.15, 0.2) is 22.2 Å². The smallest absolute Gasteiger partial charge is 0.315 e. The molecule has 2 aliphatic carbocycles. The van der Waals surface area contributed by atoms with Gasteiger partial charge in [0.05, 0.1) is 17.8 Å². The van der Waals surface area contributed by atoms with Crippen LogP contribution in [-0.2, 0) is 24.6 Å². The van der Waals surface area contributed by atoms with Gasteiger partial charge in [-0.25, -0.2) is 4.79 Å². The summed E-state index contributed by atoms with van der Waals surface area (Å²) in [6, 6.07) is -4.05. The van der Waals surface area contributed by atoms with Crippen LogP contribution in [-0.4, -0.2) is 85.3 Å². The molecule has 13 heteroatoms. The molecule has 6 atom stereocenters. The molecule has 1 unspecified atom stereocenters. The van der Waals surface area contributed by atoms with Crippen molar-refractivity contribution in [3.05, 3.63) is 38.7 Å². The lowest BCUT2D eigenvalue weighted by molar-refractivity contribution is -0.144. The zero-order chi connectivity index (χ0) is 41.2. The van der Waals surface area contributed by atoms with Crippen molar-refractivity contribution >= 4 is 35.2 Å². The van der Waals surface area contributed by atoms with Crippen LogP contribution in [0.5, 0.6) is 0 Å².